The van der Waals surface area contributed by atoms with E-state index < -0.39 is 0 Å². The molecule has 10 heteroatoms. The molecule has 5 nitrogen and oxygen atoms in total. The lowest BCUT2D eigenvalue weighted by Crippen LogP contribution is -2.28. The lowest BCUT2D eigenvalue weighted by molar-refractivity contribution is -0.122. The van der Waals surface area contributed by atoms with Gasteiger partial charge in [-0.05, 0) is 84.4 Å². The topological polar surface area (TPSA) is 51.1 Å². The zero-order valence-electron chi connectivity index (χ0n) is 19.2. The molecule has 1 aliphatic rings. The van der Waals surface area contributed by atoms with Crippen LogP contribution in [-0.4, -0.2) is 29.6 Å². The van der Waals surface area contributed by atoms with Gasteiger partial charge in [0, 0.05) is 11.0 Å². The van der Waals surface area contributed by atoms with Crippen molar-refractivity contribution >= 4 is 73.7 Å². The Hall–Kier alpha value is -2.52. The predicted molar refractivity (Wildman–Crippen MR) is 148 cm³/mol. The fraction of sp³-hybridized carbons (Fsp3) is 0.154. The summed E-state index contributed by atoms with van der Waals surface area (Å²) in [5.74, 6) is 0.532. The minimum Gasteiger partial charge on any atom is -0.493 e. The Kier molecular flexibility index (Phi) is 8.62. The first-order valence-corrected chi connectivity index (χ1v) is 13.2. The van der Waals surface area contributed by atoms with Gasteiger partial charge in [-0.25, -0.2) is 9.38 Å². The van der Waals surface area contributed by atoms with Gasteiger partial charge in [-0.3, -0.25) is 9.69 Å². The van der Waals surface area contributed by atoms with Gasteiger partial charge in [-0.2, -0.15) is 0 Å². The Morgan fingerprint density at radius 2 is 1.83 bits per heavy atom. The third-order valence-electron chi connectivity index (χ3n) is 5.20. The molecule has 1 heterocycles. The standard InChI is InChI=1S/C26H20BrCl2FN2O3S/c1-3-32-25(33)24(36-26(32)31-18-7-5-17(30)6-8-18)12-16-11-22(34-2)23(13-19(16)27)35-14-15-4-9-20(28)21(29)10-15/h4-13H,3,14H2,1-2H3/b24-12+,31-26?. The van der Waals surface area contributed by atoms with Crippen molar-refractivity contribution in [1.29, 1.82) is 0 Å². The number of hydrogen-bond acceptors (Lipinski definition) is 5. The van der Waals surface area contributed by atoms with Gasteiger partial charge in [0.15, 0.2) is 16.7 Å². The first-order valence-electron chi connectivity index (χ1n) is 10.8. The molecule has 3 aromatic carbocycles. The number of likely N-dealkylation sites (N-methyl/N-ethyl adjacent to an activating group) is 1. The summed E-state index contributed by atoms with van der Waals surface area (Å²) in [6.07, 6.45) is 1.78. The monoisotopic (exact) mass is 608 g/mol. The second kappa shape index (κ2) is 11.7. The number of aliphatic imine (C=N–C) groups is 1. The maximum atomic E-state index is 13.2. The Balaban J connectivity index is 1.58. The summed E-state index contributed by atoms with van der Waals surface area (Å²) in [7, 11) is 1.55. The molecule has 1 fully saturated rings. The van der Waals surface area contributed by atoms with Crippen molar-refractivity contribution in [1.82, 2.24) is 4.90 Å². The Bertz CT molecular complexity index is 1370. The normalized spacial score (nSPS) is 15.7. The second-order valence-electron chi connectivity index (χ2n) is 7.59. The molecule has 0 radical (unpaired) electrons. The van der Waals surface area contributed by atoms with Crippen LogP contribution in [-0.2, 0) is 11.4 Å². The van der Waals surface area contributed by atoms with E-state index in [-0.39, 0.29) is 18.3 Å². The maximum Gasteiger partial charge on any atom is 0.266 e. The van der Waals surface area contributed by atoms with Crippen LogP contribution in [0.1, 0.15) is 18.1 Å². The number of amides is 1. The van der Waals surface area contributed by atoms with Crippen LogP contribution >= 0.6 is 50.9 Å². The SMILES string of the molecule is CCN1C(=O)/C(=C\c2cc(OC)c(OCc3ccc(Cl)c(Cl)c3)cc2Br)SC1=Nc1ccc(F)cc1. The van der Waals surface area contributed by atoms with Crippen LogP contribution in [0.25, 0.3) is 6.08 Å². The number of halogens is 4. The number of methoxy groups -OCH3 is 1. The summed E-state index contributed by atoms with van der Waals surface area (Å²) in [4.78, 5) is 19.7. The van der Waals surface area contributed by atoms with Gasteiger partial charge in [0.05, 0.1) is 27.7 Å². The van der Waals surface area contributed by atoms with Crippen molar-refractivity contribution in [3.05, 3.63) is 91.0 Å². The molecular formula is C26H20BrCl2FN2O3S. The summed E-state index contributed by atoms with van der Waals surface area (Å²) in [5, 5.41) is 1.46. The molecule has 1 amide bonds. The summed E-state index contributed by atoms with van der Waals surface area (Å²) in [5.41, 5.74) is 2.16. The summed E-state index contributed by atoms with van der Waals surface area (Å²) in [6.45, 7) is 2.60. The number of ether oxygens (including phenoxy) is 2. The third kappa shape index (κ3) is 6.06. The number of carbonyl (C=O) groups excluding carboxylic acids is 1. The van der Waals surface area contributed by atoms with Crippen LogP contribution in [0, 0.1) is 5.82 Å². The quantitative estimate of drug-likeness (QED) is 0.254. The highest BCUT2D eigenvalue weighted by Gasteiger charge is 2.32. The number of benzene rings is 3. The summed E-state index contributed by atoms with van der Waals surface area (Å²) < 4.78 is 25.5. The summed E-state index contributed by atoms with van der Waals surface area (Å²) >= 11 is 16.9. The minimum absolute atomic E-state index is 0.158. The molecule has 0 aliphatic carbocycles. The molecule has 186 valence electrons. The molecule has 0 bridgehead atoms. The van der Waals surface area contributed by atoms with E-state index in [1.165, 1.54) is 23.9 Å². The number of carbonyl (C=O) groups is 1. The highest BCUT2D eigenvalue weighted by atomic mass is 79.9. The van der Waals surface area contributed by atoms with Crippen LogP contribution < -0.4 is 9.47 Å². The molecule has 4 rings (SSSR count). The Morgan fingerprint density at radius 3 is 2.50 bits per heavy atom. The van der Waals surface area contributed by atoms with Crippen molar-refractivity contribution in [2.45, 2.75) is 13.5 Å². The number of rotatable bonds is 7. The van der Waals surface area contributed by atoms with E-state index in [4.69, 9.17) is 32.7 Å². The van der Waals surface area contributed by atoms with Crippen LogP contribution in [0.3, 0.4) is 0 Å². The zero-order chi connectivity index (χ0) is 25.8. The smallest absolute Gasteiger partial charge is 0.266 e. The average Bonchev–Trinajstić information content (AvgIpc) is 3.16. The van der Waals surface area contributed by atoms with E-state index >= 15 is 0 Å². The van der Waals surface area contributed by atoms with E-state index in [1.807, 2.05) is 13.0 Å². The number of hydrogen-bond donors (Lipinski definition) is 0. The van der Waals surface area contributed by atoms with Gasteiger partial charge >= 0.3 is 0 Å². The molecule has 3 aromatic rings. The fourth-order valence-corrected chi connectivity index (χ4v) is 5.17. The van der Waals surface area contributed by atoms with E-state index in [0.29, 0.717) is 43.8 Å². The number of thioether (sulfide) groups is 1. The molecule has 0 N–H and O–H groups in total. The van der Waals surface area contributed by atoms with Gasteiger partial charge in [-0.1, -0.05) is 45.2 Å². The maximum absolute atomic E-state index is 13.2. The molecule has 0 spiro atoms. The molecule has 0 unspecified atom stereocenters. The molecule has 0 saturated carbocycles. The van der Waals surface area contributed by atoms with Gasteiger partial charge in [0.2, 0.25) is 0 Å². The van der Waals surface area contributed by atoms with Crippen molar-refractivity contribution in [2.24, 2.45) is 4.99 Å². The first-order chi connectivity index (χ1) is 17.3. The van der Waals surface area contributed by atoms with Gasteiger partial charge < -0.3 is 9.47 Å². The lowest BCUT2D eigenvalue weighted by Gasteiger charge is -2.13. The molecule has 1 saturated heterocycles. The van der Waals surface area contributed by atoms with Gasteiger partial charge in [0.1, 0.15) is 12.4 Å². The second-order valence-corrected chi connectivity index (χ2v) is 10.3. The predicted octanol–water partition coefficient (Wildman–Crippen LogP) is 8.11. The fourth-order valence-electron chi connectivity index (χ4n) is 3.36. The lowest BCUT2D eigenvalue weighted by atomic mass is 10.1. The molecule has 1 aliphatic heterocycles. The van der Waals surface area contributed by atoms with Crippen molar-refractivity contribution in [2.75, 3.05) is 13.7 Å². The minimum atomic E-state index is -0.342. The molecular weight excluding hydrogens is 590 g/mol. The van der Waals surface area contributed by atoms with Gasteiger partial charge in [-0.15, -0.1) is 0 Å². The number of amidine groups is 1. The van der Waals surface area contributed by atoms with Gasteiger partial charge in [0.25, 0.3) is 5.91 Å². The highest BCUT2D eigenvalue weighted by molar-refractivity contribution is 9.10. The zero-order valence-corrected chi connectivity index (χ0v) is 23.1. The van der Waals surface area contributed by atoms with Crippen molar-refractivity contribution in [3.8, 4) is 11.5 Å². The van der Waals surface area contributed by atoms with Crippen LogP contribution in [0.5, 0.6) is 11.5 Å². The van der Waals surface area contributed by atoms with Crippen LogP contribution in [0.2, 0.25) is 10.0 Å². The Morgan fingerprint density at radius 1 is 1.08 bits per heavy atom. The number of nitrogens with zero attached hydrogens (tertiary/aromatic N) is 2. The van der Waals surface area contributed by atoms with Crippen molar-refractivity contribution in [3.63, 3.8) is 0 Å². The summed E-state index contributed by atoms with van der Waals surface area (Å²) in [6, 6.07) is 14.7. The van der Waals surface area contributed by atoms with Crippen LogP contribution in [0.15, 0.2) is 69.0 Å². The molecule has 36 heavy (non-hydrogen) atoms. The molecule has 0 atom stereocenters. The van der Waals surface area contributed by atoms with E-state index in [0.717, 1.165) is 15.6 Å². The third-order valence-corrected chi connectivity index (χ3v) is 7.64. The van der Waals surface area contributed by atoms with E-state index in [9.17, 15) is 9.18 Å². The largest absolute Gasteiger partial charge is 0.493 e. The van der Waals surface area contributed by atoms with E-state index in [2.05, 4.69) is 20.9 Å². The molecule has 0 aromatic heterocycles. The Labute approximate surface area is 231 Å². The average molecular weight is 610 g/mol. The van der Waals surface area contributed by atoms with Crippen molar-refractivity contribution < 1.29 is 18.7 Å². The van der Waals surface area contributed by atoms with Crippen LogP contribution in [0.4, 0.5) is 10.1 Å². The van der Waals surface area contributed by atoms with E-state index in [1.54, 1.807) is 54.5 Å². The first kappa shape index (κ1) is 26.5. The highest BCUT2D eigenvalue weighted by Crippen LogP contribution is 2.39.